The predicted molar refractivity (Wildman–Crippen MR) is 108 cm³/mol. The molecule has 0 amide bonds. The van der Waals surface area contributed by atoms with Gasteiger partial charge in [-0.15, -0.1) is 0 Å². The third-order valence-corrected chi connectivity index (χ3v) is 5.22. The van der Waals surface area contributed by atoms with Crippen LogP contribution in [-0.4, -0.2) is 69.1 Å². The highest BCUT2D eigenvalue weighted by Gasteiger charge is 2.35. The van der Waals surface area contributed by atoms with Gasteiger partial charge in [0.05, 0.1) is 13.2 Å². The molecule has 168 valence electrons. The summed E-state index contributed by atoms with van der Waals surface area (Å²) in [6.07, 6.45) is 0.452. The Morgan fingerprint density at radius 2 is 1.29 bits per heavy atom. The molecule has 0 radical (unpaired) electrons. The van der Waals surface area contributed by atoms with E-state index in [1.54, 1.807) is 0 Å². The van der Waals surface area contributed by atoms with Crippen LogP contribution in [0.1, 0.15) is 72.6 Å². The van der Waals surface area contributed by atoms with E-state index in [9.17, 15) is 25.2 Å². The second-order valence-electron chi connectivity index (χ2n) is 8.60. The summed E-state index contributed by atoms with van der Waals surface area (Å²) in [4.78, 5) is 11.7. The SMILES string of the molecule is CC(C)CCCC(C)CCCC(C)CCOC(=O)C(O)C(O)C(O)C(O)CO. The van der Waals surface area contributed by atoms with Crippen molar-refractivity contribution in [2.45, 2.75) is 97.1 Å². The number of hydrogen-bond donors (Lipinski definition) is 5. The quantitative estimate of drug-likeness (QED) is 0.246. The van der Waals surface area contributed by atoms with E-state index in [0.717, 1.165) is 24.7 Å². The van der Waals surface area contributed by atoms with Crippen molar-refractivity contribution in [3.8, 4) is 0 Å². The topological polar surface area (TPSA) is 127 Å². The van der Waals surface area contributed by atoms with E-state index in [2.05, 4.69) is 27.7 Å². The zero-order chi connectivity index (χ0) is 21.7. The van der Waals surface area contributed by atoms with Gasteiger partial charge in [0, 0.05) is 0 Å². The summed E-state index contributed by atoms with van der Waals surface area (Å²) in [6, 6.07) is 0. The molecule has 0 aliphatic rings. The van der Waals surface area contributed by atoms with Crippen LogP contribution in [0.5, 0.6) is 0 Å². The highest BCUT2D eigenvalue weighted by molar-refractivity contribution is 5.75. The van der Waals surface area contributed by atoms with Gasteiger partial charge in [-0.3, -0.25) is 0 Å². The summed E-state index contributed by atoms with van der Waals surface area (Å²) in [7, 11) is 0. The number of aliphatic hydroxyl groups excluding tert-OH is 5. The second-order valence-corrected chi connectivity index (χ2v) is 8.60. The van der Waals surface area contributed by atoms with Gasteiger partial charge in [-0.1, -0.05) is 66.2 Å². The molecule has 7 nitrogen and oxygen atoms in total. The monoisotopic (exact) mass is 406 g/mol. The Morgan fingerprint density at radius 1 is 0.786 bits per heavy atom. The number of esters is 1. The minimum atomic E-state index is -1.97. The molecule has 0 heterocycles. The van der Waals surface area contributed by atoms with Crippen LogP contribution >= 0.6 is 0 Å². The zero-order valence-corrected chi connectivity index (χ0v) is 18.0. The molecule has 0 saturated heterocycles. The number of aliphatic hydroxyl groups is 5. The Morgan fingerprint density at radius 3 is 1.79 bits per heavy atom. The number of ether oxygens (including phenoxy) is 1. The maximum absolute atomic E-state index is 11.7. The second kappa shape index (κ2) is 15.2. The van der Waals surface area contributed by atoms with Crippen molar-refractivity contribution in [1.82, 2.24) is 0 Å². The average Bonchev–Trinajstić information content (AvgIpc) is 2.64. The molecule has 0 bridgehead atoms. The molecule has 0 aliphatic carbocycles. The molecule has 0 aromatic carbocycles. The lowest BCUT2D eigenvalue weighted by Crippen LogP contribution is -2.49. The Balaban J connectivity index is 3.95. The highest BCUT2D eigenvalue weighted by atomic mass is 16.5. The maximum Gasteiger partial charge on any atom is 0.337 e. The van der Waals surface area contributed by atoms with Crippen molar-refractivity contribution < 1.29 is 35.1 Å². The fraction of sp³-hybridized carbons (Fsp3) is 0.952. The normalized spacial score (nSPS) is 18.4. The van der Waals surface area contributed by atoms with E-state index in [4.69, 9.17) is 9.84 Å². The molecular formula is C21H42O7. The van der Waals surface area contributed by atoms with E-state index in [0.29, 0.717) is 12.3 Å². The lowest BCUT2D eigenvalue weighted by atomic mass is 9.93. The molecule has 6 unspecified atom stereocenters. The van der Waals surface area contributed by atoms with Crippen LogP contribution in [0.4, 0.5) is 0 Å². The van der Waals surface area contributed by atoms with Crippen molar-refractivity contribution in [2.24, 2.45) is 17.8 Å². The molecular weight excluding hydrogens is 364 g/mol. The van der Waals surface area contributed by atoms with Gasteiger partial charge in [0.15, 0.2) is 6.10 Å². The first kappa shape index (κ1) is 27.3. The molecule has 0 rings (SSSR count). The van der Waals surface area contributed by atoms with Gasteiger partial charge < -0.3 is 30.3 Å². The average molecular weight is 407 g/mol. The van der Waals surface area contributed by atoms with Crippen molar-refractivity contribution in [2.75, 3.05) is 13.2 Å². The Labute approximate surface area is 169 Å². The van der Waals surface area contributed by atoms with E-state index >= 15 is 0 Å². The third kappa shape index (κ3) is 12.0. The number of hydrogen-bond acceptors (Lipinski definition) is 7. The lowest BCUT2D eigenvalue weighted by molar-refractivity contribution is -0.170. The predicted octanol–water partition coefficient (Wildman–Crippen LogP) is 1.62. The van der Waals surface area contributed by atoms with Crippen LogP contribution in [0.25, 0.3) is 0 Å². The molecule has 0 aromatic heterocycles. The van der Waals surface area contributed by atoms with E-state index in [1.165, 1.54) is 25.7 Å². The standard InChI is InChI=1S/C21H42O7/c1-14(2)7-5-8-15(3)9-6-10-16(4)11-12-28-21(27)20(26)19(25)18(24)17(23)13-22/h14-20,22-26H,5-13H2,1-4H3. The highest BCUT2D eigenvalue weighted by Crippen LogP contribution is 2.20. The number of rotatable bonds is 16. The number of carbonyl (C=O) groups is 1. The lowest BCUT2D eigenvalue weighted by Gasteiger charge is -2.24. The van der Waals surface area contributed by atoms with Crippen LogP contribution in [0.2, 0.25) is 0 Å². The van der Waals surface area contributed by atoms with E-state index in [-0.39, 0.29) is 6.61 Å². The Bertz CT molecular complexity index is 402. The van der Waals surface area contributed by atoms with Crippen LogP contribution in [0.15, 0.2) is 0 Å². The van der Waals surface area contributed by atoms with Gasteiger partial charge in [-0.25, -0.2) is 4.79 Å². The van der Waals surface area contributed by atoms with Gasteiger partial charge in [0.25, 0.3) is 0 Å². The smallest absolute Gasteiger partial charge is 0.337 e. The van der Waals surface area contributed by atoms with Crippen molar-refractivity contribution in [3.63, 3.8) is 0 Å². The molecule has 0 fully saturated rings. The molecule has 0 aliphatic heterocycles. The summed E-state index contributed by atoms with van der Waals surface area (Å²) in [5, 5.41) is 46.8. The van der Waals surface area contributed by atoms with E-state index < -0.39 is 37.0 Å². The van der Waals surface area contributed by atoms with Gasteiger partial charge in [0.2, 0.25) is 0 Å². The first-order chi connectivity index (χ1) is 13.1. The maximum atomic E-state index is 11.7. The van der Waals surface area contributed by atoms with Crippen LogP contribution in [0.3, 0.4) is 0 Å². The van der Waals surface area contributed by atoms with Crippen molar-refractivity contribution in [3.05, 3.63) is 0 Å². The van der Waals surface area contributed by atoms with Gasteiger partial charge in [-0.2, -0.15) is 0 Å². The third-order valence-electron chi connectivity index (χ3n) is 5.22. The fourth-order valence-electron chi connectivity index (χ4n) is 3.09. The van der Waals surface area contributed by atoms with Crippen LogP contribution < -0.4 is 0 Å². The zero-order valence-electron chi connectivity index (χ0n) is 18.0. The minimum Gasteiger partial charge on any atom is -0.464 e. The first-order valence-electron chi connectivity index (χ1n) is 10.6. The Kier molecular flexibility index (Phi) is 14.8. The summed E-state index contributed by atoms with van der Waals surface area (Å²) in [5.74, 6) is 0.806. The molecule has 0 saturated carbocycles. The molecule has 6 atom stereocenters. The molecule has 28 heavy (non-hydrogen) atoms. The summed E-state index contributed by atoms with van der Waals surface area (Å²) < 4.78 is 4.96. The largest absolute Gasteiger partial charge is 0.464 e. The van der Waals surface area contributed by atoms with E-state index in [1.807, 2.05) is 0 Å². The minimum absolute atomic E-state index is 0.117. The van der Waals surface area contributed by atoms with Gasteiger partial charge >= 0.3 is 5.97 Å². The number of carbonyl (C=O) groups excluding carboxylic acids is 1. The molecule has 0 spiro atoms. The molecule has 0 aromatic rings. The molecule has 5 N–H and O–H groups in total. The molecule has 7 heteroatoms. The van der Waals surface area contributed by atoms with Gasteiger partial charge in [0.1, 0.15) is 18.3 Å². The Hall–Kier alpha value is -0.730. The summed E-state index contributed by atoms with van der Waals surface area (Å²) in [5.41, 5.74) is 0. The summed E-state index contributed by atoms with van der Waals surface area (Å²) in [6.45, 7) is 8.20. The first-order valence-corrected chi connectivity index (χ1v) is 10.6. The van der Waals surface area contributed by atoms with Crippen molar-refractivity contribution in [1.29, 1.82) is 0 Å². The van der Waals surface area contributed by atoms with Crippen molar-refractivity contribution >= 4 is 5.97 Å². The van der Waals surface area contributed by atoms with Gasteiger partial charge in [-0.05, 0) is 24.2 Å². The summed E-state index contributed by atoms with van der Waals surface area (Å²) >= 11 is 0. The van der Waals surface area contributed by atoms with Crippen LogP contribution in [0, 0.1) is 17.8 Å². The fourth-order valence-corrected chi connectivity index (χ4v) is 3.09. The van der Waals surface area contributed by atoms with Crippen LogP contribution in [-0.2, 0) is 9.53 Å².